The quantitative estimate of drug-likeness (QED) is 0.828. The van der Waals surface area contributed by atoms with Crippen LogP contribution in [-0.2, 0) is 20.2 Å². The molecule has 0 aromatic heterocycles. The number of hydrogen-bond donors (Lipinski definition) is 1. The smallest absolute Gasteiger partial charge is 0.412 e. The lowest BCUT2D eigenvalue weighted by Gasteiger charge is -2.22. The summed E-state index contributed by atoms with van der Waals surface area (Å²) in [6.07, 6.45) is -0.682. The SMILES string of the molecule is CCOC(=O)C(F)(F)c1cc(C)c(NC(=O)OC(C)(C)C)c(C)c1. The molecule has 5 nitrogen and oxygen atoms in total. The number of rotatable bonds is 4. The summed E-state index contributed by atoms with van der Waals surface area (Å²) in [5, 5.41) is 2.55. The summed E-state index contributed by atoms with van der Waals surface area (Å²) in [5.41, 5.74) is -0.0130. The number of nitrogens with one attached hydrogen (secondary N) is 1. The maximum atomic E-state index is 14.1. The lowest BCUT2D eigenvalue weighted by Crippen LogP contribution is -2.29. The van der Waals surface area contributed by atoms with Crippen LogP contribution in [0.4, 0.5) is 19.3 Å². The Morgan fingerprint density at radius 2 is 1.62 bits per heavy atom. The first-order valence-corrected chi connectivity index (χ1v) is 7.55. The van der Waals surface area contributed by atoms with Gasteiger partial charge in [0.05, 0.1) is 6.61 Å². The van der Waals surface area contributed by atoms with E-state index in [0.29, 0.717) is 16.8 Å². The Kier molecular flexibility index (Phi) is 5.92. The van der Waals surface area contributed by atoms with Crippen LogP contribution in [0.3, 0.4) is 0 Å². The third kappa shape index (κ3) is 4.91. The summed E-state index contributed by atoms with van der Waals surface area (Å²) in [7, 11) is 0. The molecule has 24 heavy (non-hydrogen) atoms. The van der Waals surface area contributed by atoms with Gasteiger partial charge in [0.1, 0.15) is 5.60 Å². The average molecular weight is 343 g/mol. The number of aryl methyl sites for hydroxylation is 2. The van der Waals surface area contributed by atoms with E-state index in [1.165, 1.54) is 6.92 Å². The highest BCUT2D eigenvalue weighted by Crippen LogP contribution is 2.34. The van der Waals surface area contributed by atoms with E-state index < -0.39 is 29.1 Å². The molecule has 0 bridgehead atoms. The van der Waals surface area contributed by atoms with Crippen LogP contribution in [0.15, 0.2) is 12.1 Å². The highest BCUT2D eigenvalue weighted by Gasteiger charge is 2.43. The number of esters is 1. The molecule has 1 rings (SSSR count). The van der Waals surface area contributed by atoms with Gasteiger partial charge in [0, 0.05) is 11.3 Å². The van der Waals surface area contributed by atoms with E-state index in [1.807, 2.05) is 0 Å². The molecular formula is C17H23F2NO4. The number of amides is 1. The van der Waals surface area contributed by atoms with Gasteiger partial charge in [-0.05, 0) is 64.8 Å². The Morgan fingerprint density at radius 3 is 2.04 bits per heavy atom. The molecule has 1 amide bonds. The summed E-state index contributed by atoms with van der Waals surface area (Å²) in [6, 6.07) is 2.30. The molecule has 0 aliphatic heterocycles. The Balaban J connectivity index is 3.10. The van der Waals surface area contributed by atoms with Gasteiger partial charge in [-0.3, -0.25) is 5.32 Å². The maximum Gasteiger partial charge on any atom is 0.412 e. The molecule has 134 valence electrons. The lowest BCUT2D eigenvalue weighted by atomic mass is 10.00. The summed E-state index contributed by atoms with van der Waals surface area (Å²) in [6.45, 7) is 9.59. The van der Waals surface area contributed by atoms with E-state index in [-0.39, 0.29) is 6.61 Å². The van der Waals surface area contributed by atoms with Crippen LogP contribution in [0.25, 0.3) is 0 Å². The van der Waals surface area contributed by atoms with E-state index >= 15 is 0 Å². The second-order valence-electron chi connectivity index (χ2n) is 6.41. The van der Waals surface area contributed by atoms with E-state index in [4.69, 9.17) is 4.74 Å². The van der Waals surface area contributed by atoms with Gasteiger partial charge in [-0.1, -0.05) is 0 Å². The number of carbonyl (C=O) groups excluding carboxylic acids is 2. The summed E-state index contributed by atoms with van der Waals surface area (Å²) < 4.78 is 37.8. The number of ether oxygens (including phenoxy) is 2. The van der Waals surface area contributed by atoms with Crippen molar-refractivity contribution in [3.63, 3.8) is 0 Å². The van der Waals surface area contributed by atoms with Gasteiger partial charge in [-0.2, -0.15) is 8.78 Å². The van der Waals surface area contributed by atoms with Crippen molar-refractivity contribution in [2.75, 3.05) is 11.9 Å². The lowest BCUT2D eigenvalue weighted by molar-refractivity contribution is -0.173. The van der Waals surface area contributed by atoms with Crippen molar-refractivity contribution in [3.05, 3.63) is 28.8 Å². The third-order valence-corrected chi connectivity index (χ3v) is 3.05. The summed E-state index contributed by atoms with van der Waals surface area (Å²) in [4.78, 5) is 23.3. The minimum atomic E-state index is -3.75. The van der Waals surface area contributed by atoms with Gasteiger partial charge in [0.2, 0.25) is 0 Å². The highest BCUT2D eigenvalue weighted by atomic mass is 19.3. The normalized spacial score (nSPS) is 11.8. The largest absolute Gasteiger partial charge is 0.461 e. The molecule has 0 saturated heterocycles. The van der Waals surface area contributed by atoms with Crippen molar-refractivity contribution >= 4 is 17.7 Å². The topological polar surface area (TPSA) is 64.6 Å². The van der Waals surface area contributed by atoms with E-state index in [9.17, 15) is 18.4 Å². The maximum absolute atomic E-state index is 14.1. The third-order valence-electron chi connectivity index (χ3n) is 3.05. The van der Waals surface area contributed by atoms with Crippen molar-refractivity contribution in [1.29, 1.82) is 0 Å². The Morgan fingerprint density at radius 1 is 1.12 bits per heavy atom. The van der Waals surface area contributed by atoms with E-state index in [1.54, 1.807) is 34.6 Å². The number of benzene rings is 1. The molecule has 7 heteroatoms. The van der Waals surface area contributed by atoms with Crippen LogP contribution in [0.2, 0.25) is 0 Å². The van der Waals surface area contributed by atoms with Gasteiger partial charge in [0.25, 0.3) is 0 Å². The molecule has 1 N–H and O–H groups in total. The molecule has 0 aliphatic carbocycles. The number of alkyl halides is 2. The first kappa shape index (κ1) is 19.9. The van der Waals surface area contributed by atoms with Crippen LogP contribution < -0.4 is 5.32 Å². The van der Waals surface area contributed by atoms with Crippen molar-refractivity contribution in [1.82, 2.24) is 0 Å². The zero-order valence-electron chi connectivity index (χ0n) is 14.8. The molecule has 0 saturated carbocycles. The van der Waals surface area contributed by atoms with Crippen LogP contribution in [-0.4, -0.2) is 24.3 Å². The van der Waals surface area contributed by atoms with Crippen LogP contribution in [0.1, 0.15) is 44.4 Å². The van der Waals surface area contributed by atoms with Crippen molar-refractivity contribution in [3.8, 4) is 0 Å². The fourth-order valence-corrected chi connectivity index (χ4v) is 2.09. The molecule has 0 heterocycles. The van der Waals surface area contributed by atoms with Gasteiger partial charge in [-0.15, -0.1) is 0 Å². The summed E-state index contributed by atoms with van der Waals surface area (Å²) >= 11 is 0. The predicted molar refractivity (Wildman–Crippen MR) is 86.3 cm³/mol. The van der Waals surface area contributed by atoms with Crippen LogP contribution in [0.5, 0.6) is 0 Å². The first-order valence-electron chi connectivity index (χ1n) is 7.55. The Bertz CT molecular complexity index is 613. The standard InChI is InChI=1S/C17H23F2NO4/c1-7-23-14(21)17(18,19)12-8-10(2)13(11(3)9-12)20-15(22)24-16(4,5)6/h8-9H,7H2,1-6H3,(H,20,22). The second-order valence-corrected chi connectivity index (χ2v) is 6.41. The highest BCUT2D eigenvalue weighted by molar-refractivity contribution is 5.87. The molecule has 1 aromatic carbocycles. The molecule has 0 unspecified atom stereocenters. The van der Waals surface area contributed by atoms with E-state index in [2.05, 4.69) is 10.1 Å². The molecule has 0 atom stereocenters. The van der Waals surface area contributed by atoms with Crippen molar-refractivity contribution < 1.29 is 27.8 Å². The zero-order chi connectivity index (χ0) is 18.7. The molecule has 0 spiro atoms. The molecule has 1 aromatic rings. The Hall–Kier alpha value is -2.18. The Labute approximate surface area is 140 Å². The first-order chi connectivity index (χ1) is 10.9. The van der Waals surface area contributed by atoms with Crippen molar-refractivity contribution in [2.24, 2.45) is 0 Å². The van der Waals surface area contributed by atoms with Crippen LogP contribution >= 0.6 is 0 Å². The fourth-order valence-electron chi connectivity index (χ4n) is 2.09. The fraction of sp³-hybridized carbons (Fsp3) is 0.529. The van der Waals surface area contributed by atoms with Crippen LogP contribution in [0, 0.1) is 13.8 Å². The molecular weight excluding hydrogens is 320 g/mol. The van der Waals surface area contributed by atoms with Gasteiger partial charge >= 0.3 is 18.0 Å². The number of halogens is 2. The van der Waals surface area contributed by atoms with Gasteiger partial charge in [-0.25, -0.2) is 9.59 Å². The predicted octanol–water partition coefficient (Wildman–Crippen LogP) is 4.31. The minimum absolute atomic E-state index is 0.134. The number of carbonyl (C=O) groups is 2. The summed E-state index contributed by atoms with van der Waals surface area (Å²) in [5.74, 6) is -5.35. The monoisotopic (exact) mass is 343 g/mol. The zero-order valence-corrected chi connectivity index (χ0v) is 14.8. The molecule has 0 radical (unpaired) electrons. The van der Waals surface area contributed by atoms with Gasteiger partial charge < -0.3 is 9.47 Å². The minimum Gasteiger partial charge on any atom is -0.461 e. The number of anilines is 1. The van der Waals surface area contributed by atoms with Crippen molar-refractivity contribution in [2.45, 2.75) is 53.1 Å². The molecule has 0 aliphatic rings. The molecule has 0 fully saturated rings. The van der Waals surface area contributed by atoms with Gasteiger partial charge in [0.15, 0.2) is 0 Å². The number of hydrogen-bond acceptors (Lipinski definition) is 4. The van der Waals surface area contributed by atoms with E-state index in [0.717, 1.165) is 12.1 Å². The average Bonchev–Trinajstić information content (AvgIpc) is 2.40. The second kappa shape index (κ2) is 7.15.